The Bertz CT molecular complexity index is 419. The summed E-state index contributed by atoms with van der Waals surface area (Å²) in [5.41, 5.74) is 0.409. The highest BCUT2D eigenvalue weighted by Crippen LogP contribution is 2.23. The average Bonchev–Trinajstić information content (AvgIpc) is 2.37. The third-order valence-electron chi connectivity index (χ3n) is 2.85. The Hall–Kier alpha value is -1.73. The van der Waals surface area contributed by atoms with E-state index in [0.717, 1.165) is 26.1 Å². The van der Waals surface area contributed by atoms with E-state index in [9.17, 15) is 5.11 Å². The molecular formula is C13H15NO3. The molecule has 0 atom stereocenters. The molecule has 4 heteroatoms. The summed E-state index contributed by atoms with van der Waals surface area (Å²) in [4.78, 5) is 0. The molecule has 90 valence electrons. The molecule has 1 saturated heterocycles. The average molecular weight is 233 g/mol. The first-order valence-corrected chi connectivity index (χ1v) is 5.72. The standard InChI is InChI=1S/C13H15NO3/c14-8-11-5-12(15)7-13(6-11)17-9-10-1-3-16-4-2-10/h5-7,10,15H,1-4,9H2. The minimum absolute atomic E-state index is 0.0611. The highest BCUT2D eigenvalue weighted by molar-refractivity contribution is 5.43. The van der Waals surface area contributed by atoms with E-state index < -0.39 is 0 Å². The van der Waals surface area contributed by atoms with Crippen LogP contribution in [0.25, 0.3) is 0 Å². The van der Waals surface area contributed by atoms with E-state index >= 15 is 0 Å². The zero-order chi connectivity index (χ0) is 12.1. The first kappa shape index (κ1) is 11.7. The fraction of sp³-hybridized carbons (Fsp3) is 0.462. The van der Waals surface area contributed by atoms with Gasteiger partial charge in [0.15, 0.2) is 0 Å². The summed E-state index contributed by atoms with van der Waals surface area (Å²) in [5, 5.41) is 18.2. The fourth-order valence-electron chi connectivity index (χ4n) is 1.86. The number of aromatic hydroxyl groups is 1. The summed E-state index contributed by atoms with van der Waals surface area (Å²) in [5.74, 6) is 1.11. The summed E-state index contributed by atoms with van der Waals surface area (Å²) in [7, 11) is 0. The number of phenolic OH excluding ortho intramolecular Hbond substituents is 1. The summed E-state index contributed by atoms with van der Waals surface area (Å²) in [6, 6.07) is 6.57. The molecule has 0 aromatic heterocycles. The van der Waals surface area contributed by atoms with Crippen LogP contribution in [-0.4, -0.2) is 24.9 Å². The van der Waals surface area contributed by atoms with Crippen molar-refractivity contribution in [1.29, 1.82) is 5.26 Å². The van der Waals surface area contributed by atoms with E-state index in [4.69, 9.17) is 14.7 Å². The van der Waals surface area contributed by atoms with Gasteiger partial charge in [-0.15, -0.1) is 0 Å². The van der Waals surface area contributed by atoms with E-state index in [-0.39, 0.29) is 5.75 Å². The van der Waals surface area contributed by atoms with E-state index in [0.29, 0.717) is 23.8 Å². The Morgan fingerprint density at radius 2 is 2.12 bits per heavy atom. The van der Waals surface area contributed by atoms with Gasteiger partial charge in [-0.05, 0) is 30.9 Å². The summed E-state index contributed by atoms with van der Waals surface area (Å²) in [6.07, 6.45) is 2.01. The minimum atomic E-state index is 0.0611. The highest BCUT2D eigenvalue weighted by Gasteiger charge is 2.14. The fourth-order valence-corrected chi connectivity index (χ4v) is 1.86. The smallest absolute Gasteiger partial charge is 0.124 e. The molecule has 1 heterocycles. The first-order valence-electron chi connectivity index (χ1n) is 5.72. The molecule has 0 spiro atoms. The molecule has 0 unspecified atom stereocenters. The number of nitriles is 1. The Morgan fingerprint density at radius 3 is 2.82 bits per heavy atom. The number of hydrogen-bond acceptors (Lipinski definition) is 4. The van der Waals surface area contributed by atoms with Crippen molar-refractivity contribution >= 4 is 0 Å². The van der Waals surface area contributed by atoms with E-state index in [1.54, 1.807) is 6.07 Å². The van der Waals surface area contributed by atoms with Crippen LogP contribution in [0.4, 0.5) is 0 Å². The van der Waals surface area contributed by atoms with Crippen LogP contribution in [0.15, 0.2) is 18.2 Å². The third kappa shape index (κ3) is 3.36. The van der Waals surface area contributed by atoms with Crippen molar-refractivity contribution in [3.05, 3.63) is 23.8 Å². The molecule has 0 amide bonds. The molecule has 17 heavy (non-hydrogen) atoms. The topological polar surface area (TPSA) is 62.5 Å². The van der Waals surface area contributed by atoms with Gasteiger partial charge in [0.2, 0.25) is 0 Å². The Kier molecular flexibility index (Phi) is 3.84. The molecule has 1 fully saturated rings. The van der Waals surface area contributed by atoms with Crippen LogP contribution in [0.1, 0.15) is 18.4 Å². The molecule has 1 N–H and O–H groups in total. The normalized spacial score (nSPS) is 16.4. The third-order valence-corrected chi connectivity index (χ3v) is 2.85. The number of nitrogens with zero attached hydrogens (tertiary/aromatic N) is 1. The van der Waals surface area contributed by atoms with Crippen LogP contribution in [0, 0.1) is 17.2 Å². The second-order valence-corrected chi connectivity index (χ2v) is 4.19. The lowest BCUT2D eigenvalue weighted by molar-refractivity contribution is 0.0497. The van der Waals surface area contributed by atoms with Crippen molar-refractivity contribution in [3.63, 3.8) is 0 Å². The maximum atomic E-state index is 9.41. The highest BCUT2D eigenvalue weighted by atomic mass is 16.5. The molecule has 0 bridgehead atoms. The van der Waals surface area contributed by atoms with Crippen LogP contribution in [-0.2, 0) is 4.74 Å². The monoisotopic (exact) mass is 233 g/mol. The molecule has 1 aromatic carbocycles. The van der Waals surface area contributed by atoms with Gasteiger partial charge in [-0.25, -0.2) is 0 Å². The molecule has 2 rings (SSSR count). The quantitative estimate of drug-likeness (QED) is 0.868. The lowest BCUT2D eigenvalue weighted by Crippen LogP contribution is -2.21. The first-order chi connectivity index (χ1) is 8.28. The molecule has 0 aliphatic carbocycles. The van der Waals surface area contributed by atoms with Gasteiger partial charge >= 0.3 is 0 Å². The Balaban J connectivity index is 1.94. The molecule has 0 radical (unpaired) electrons. The van der Waals surface area contributed by atoms with Crippen LogP contribution in [0.3, 0.4) is 0 Å². The van der Waals surface area contributed by atoms with Crippen LogP contribution >= 0.6 is 0 Å². The molecule has 1 aliphatic heterocycles. The van der Waals surface area contributed by atoms with Crippen LogP contribution in [0.2, 0.25) is 0 Å². The summed E-state index contributed by atoms with van der Waals surface area (Å²) >= 11 is 0. The molecule has 0 saturated carbocycles. The molecular weight excluding hydrogens is 218 g/mol. The molecule has 1 aliphatic rings. The Labute approximate surface area is 100 Å². The largest absolute Gasteiger partial charge is 0.508 e. The lowest BCUT2D eigenvalue weighted by Gasteiger charge is -2.22. The minimum Gasteiger partial charge on any atom is -0.508 e. The maximum absolute atomic E-state index is 9.41. The number of benzene rings is 1. The number of hydrogen-bond donors (Lipinski definition) is 1. The van der Waals surface area contributed by atoms with Crippen molar-refractivity contribution in [2.24, 2.45) is 5.92 Å². The lowest BCUT2D eigenvalue weighted by atomic mass is 10.0. The van der Waals surface area contributed by atoms with Crippen molar-refractivity contribution in [2.75, 3.05) is 19.8 Å². The predicted molar refractivity (Wildman–Crippen MR) is 61.9 cm³/mol. The van der Waals surface area contributed by atoms with E-state index in [2.05, 4.69) is 0 Å². The van der Waals surface area contributed by atoms with Crippen molar-refractivity contribution in [2.45, 2.75) is 12.8 Å². The van der Waals surface area contributed by atoms with Crippen molar-refractivity contribution in [3.8, 4) is 17.6 Å². The van der Waals surface area contributed by atoms with Gasteiger partial charge in [0, 0.05) is 19.3 Å². The second-order valence-electron chi connectivity index (χ2n) is 4.19. The zero-order valence-corrected chi connectivity index (χ0v) is 9.56. The van der Waals surface area contributed by atoms with Gasteiger partial charge in [0.1, 0.15) is 11.5 Å². The molecule has 1 aromatic rings. The van der Waals surface area contributed by atoms with Crippen molar-refractivity contribution < 1.29 is 14.6 Å². The van der Waals surface area contributed by atoms with E-state index in [1.165, 1.54) is 12.1 Å². The SMILES string of the molecule is N#Cc1cc(O)cc(OCC2CCOCC2)c1. The van der Waals surface area contributed by atoms with Gasteiger partial charge in [-0.2, -0.15) is 5.26 Å². The van der Waals surface area contributed by atoms with Gasteiger partial charge < -0.3 is 14.6 Å². The maximum Gasteiger partial charge on any atom is 0.124 e. The predicted octanol–water partition coefficient (Wildman–Crippen LogP) is 2.07. The second kappa shape index (κ2) is 5.55. The van der Waals surface area contributed by atoms with Crippen LogP contribution in [0.5, 0.6) is 11.5 Å². The van der Waals surface area contributed by atoms with Gasteiger partial charge in [-0.1, -0.05) is 0 Å². The zero-order valence-electron chi connectivity index (χ0n) is 9.56. The summed E-state index contributed by atoms with van der Waals surface area (Å²) in [6.45, 7) is 2.19. The van der Waals surface area contributed by atoms with Crippen molar-refractivity contribution in [1.82, 2.24) is 0 Å². The number of phenols is 1. The van der Waals surface area contributed by atoms with Gasteiger partial charge in [-0.3, -0.25) is 0 Å². The number of rotatable bonds is 3. The number of ether oxygens (including phenoxy) is 2. The molecule has 4 nitrogen and oxygen atoms in total. The van der Waals surface area contributed by atoms with Crippen LogP contribution < -0.4 is 4.74 Å². The summed E-state index contributed by atoms with van der Waals surface area (Å²) < 4.78 is 10.9. The van der Waals surface area contributed by atoms with Gasteiger partial charge in [0.05, 0.1) is 18.2 Å². The van der Waals surface area contributed by atoms with Gasteiger partial charge in [0.25, 0.3) is 0 Å². The Morgan fingerprint density at radius 1 is 1.35 bits per heavy atom. The van der Waals surface area contributed by atoms with E-state index in [1.807, 2.05) is 6.07 Å².